The first kappa shape index (κ1) is 58.6. The Hall–Kier alpha value is -4.45. The summed E-state index contributed by atoms with van der Waals surface area (Å²) in [4.78, 5) is 37.9. The van der Waals surface area contributed by atoms with E-state index in [1.165, 1.54) is 64.2 Å². The van der Waals surface area contributed by atoms with Crippen molar-refractivity contribution in [2.75, 3.05) is 13.2 Å². The van der Waals surface area contributed by atoms with Crippen LogP contribution in [0.5, 0.6) is 0 Å². The van der Waals surface area contributed by atoms with Crippen molar-refractivity contribution in [3.05, 3.63) is 134 Å². The molecule has 1 atom stereocenters. The van der Waals surface area contributed by atoms with Crippen molar-refractivity contribution in [1.29, 1.82) is 0 Å². The minimum Gasteiger partial charge on any atom is -0.462 e. The summed E-state index contributed by atoms with van der Waals surface area (Å²) in [5.74, 6) is -1.08. The maximum Gasteiger partial charge on any atom is 0.306 e. The van der Waals surface area contributed by atoms with Gasteiger partial charge >= 0.3 is 17.9 Å². The molecule has 6 nitrogen and oxygen atoms in total. The second-order valence-electron chi connectivity index (χ2n) is 15.8. The number of hydrogen-bond acceptors (Lipinski definition) is 6. The van der Waals surface area contributed by atoms with Crippen LogP contribution >= 0.6 is 0 Å². The van der Waals surface area contributed by atoms with Gasteiger partial charge in [0, 0.05) is 19.3 Å². The monoisotopic (exact) mass is 869 g/mol. The quantitative estimate of drug-likeness (QED) is 0.0200. The van der Waals surface area contributed by atoms with Crippen LogP contribution in [-0.2, 0) is 28.6 Å². The molecule has 0 aliphatic heterocycles. The van der Waals surface area contributed by atoms with Crippen LogP contribution in [0.2, 0.25) is 0 Å². The fourth-order valence-corrected chi connectivity index (χ4v) is 6.13. The zero-order valence-corrected chi connectivity index (χ0v) is 40.0. The molecular formula is C57H88O6. The molecule has 0 heterocycles. The third kappa shape index (κ3) is 48.4. The van der Waals surface area contributed by atoms with Gasteiger partial charge in [-0.3, -0.25) is 14.4 Å². The van der Waals surface area contributed by atoms with Crippen LogP contribution < -0.4 is 0 Å². The van der Waals surface area contributed by atoms with Crippen LogP contribution in [0, 0.1) is 0 Å². The molecule has 0 aromatic heterocycles. The van der Waals surface area contributed by atoms with Crippen molar-refractivity contribution < 1.29 is 28.6 Å². The fourth-order valence-electron chi connectivity index (χ4n) is 6.13. The number of allylic oxidation sites excluding steroid dienone is 22. The molecule has 6 heteroatoms. The maximum absolute atomic E-state index is 12.8. The lowest BCUT2D eigenvalue weighted by Crippen LogP contribution is -2.30. The van der Waals surface area contributed by atoms with Crippen molar-refractivity contribution in [2.45, 2.75) is 194 Å². The number of carbonyl (C=O) groups excluding carboxylic acids is 3. The summed E-state index contributed by atoms with van der Waals surface area (Å²) in [5, 5.41) is 0. The molecule has 0 amide bonds. The van der Waals surface area contributed by atoms with Crippen LogP contribution in [0.1, 0.15) is 188 Å². The molecule has 0 N–H and O–H groups in total. The molecule has 0 aromatic carbocycles. The second kappa shape index (κ2) is 50.2. The van der Waals surface area contributed by atoms with Crippen molar-refractivity contribution in [1.82, 2.24) is 0 Å². The van der Waals surface area contributed by atoms with Gasteiger partial charge in [0.15, 0.2) is 6.10 Å². The third-order valence-electron chi connectivity index (χ3n) is 9.81. The molecule has 0 aromatic rings. The van der Waals surface area contributed by atoms with Crippen LogP contribution in [0.3, 0.4) is 0 Å². The largest absolute Gasteiger partial charge is 0.462 e. The molecule has 0 spiro atoms. The van der Waals surface area contributed by atoms with Gasteiger partial charge in [-0.25, -0.2) is 0 Å². The van der Waals surface area contributed by atoms with E-state index in [4.69, 9.17) is 14.2 Å². The Balaban J connectivity index is 4.60. The van der Waals surface area contributed by atoms with Gasteiger partial charge in [0.25, 0.3) is 0 Å². The molecule has 352 valence electrons. The Kier molecular flexibility index (Phi) is 46.7. The second-order valence-corrected chi connectivity index (χ2v) is 15.8. The molecule has 0 radical (unpaired) electrons. The number of esters is 3. The van der Waals surface area contributed by atoms with Crippen LogP contribution in [0.4, 0.5) is 0 Å². The summed E-state index contributed by atoms with van der Waals surface area (Å²) in [6.07, 6.45) is 70.2. The highest BCUT2D eigenvalue weighted by Crippen LogP contribution is 2.12. The lowest BCUT2D eigenvalue weighted by molar-refractivity contribution is -0.167. The Labute approximate surface area is 385 Å². The van der Waals surface area contributed by atoms with E-state index in [9.17, 15) is 14.4 Å². The van der Waals surface area contributed by atoms with Crippen molar-refractivity contribution in [3.63, 3.8) is 0 Å². The third-order valence-corrected chi connectivity index (χ3v) is 9.81. The minimum absolute atomic E-state index is 0.137. The Morgan fingerprint density at radius 2 is 0.698 bits per heavy atom. The highest BCUT2D eigenvalue weighted by molar-refractivity contribution is 5.71. The number of rotatable bonds is 42. The topological polar surface area (TPSA) is 78.9 Å². The molecular weight excluding hydrogens is 781 g/mol. The number of ether oxygens (including phenoxy) is 3. The lowest BCUT2D eigenvalue weighted by Gasteiger charge is -2.18. The van der Waals surface area contributed by atoms with Gasteiger partial charge in [-0.15, -0.1) is 0 Å². The Morgan fingerprint density at radius 1 is 0.349 bits per heavy atom. The van der Waals surface area contributed by atoms with Crippen molar-refractivity contribution >= 4 is 17.9 Å². The van der Waals surface area contributed by atoms with E-state index in [1.54, 1.807) is 0 Å². The zero-order valence-electron chi connectivity index (χ0n) is 40.0. The summed E-state index contributed by atoms with van der Waals surface area (Å²) < 4.78 is 16.6. The molecule has 0 aliphatic rings. The Bertz CT molecular complexity index is 1420. The van der Waals surface area contributed by atoms with Crippen LogP contribution in [0.25, 0.3) is 0 Å². The fraction of sp³-hybridized carbons (Fsp3) is 0.561. The van der Waals surface area contributed by atoms with Gasteiger partial charge in [-0.2, -0.15) is 0 Å². The van der Waals surface area contributed by atoms with E-state index in [2.05, 4.69) is 99.8 Å². The number of unbranched alkanes of at least 4 members (excludes halogenated alkanes) is 15. The molecule has 0 aliphatic carbocycles. The number of carbonyl (C=O) groups is 3. The van der Waals surface area contributed by atoms with E-state index in [-0.39, 0.29) is 50.4 Å². The first-order valence-electron chi connectivity index (χ1n) is 24.8. The lowest BCUT2D eigenvalue weighted by atomic mass is 10.1. The smallest absolute Gasteiger partial charge is 0.306 e. The summed E-state index contributed by atoms with van der Waals surface area (Å²) in [5.41, 5.74) is 0. The first-order valence-corrected chi connectivity index (χ1v) is 24.8. The summed E-state index contributed by atoms with van der Waals surface area (Å²) in [6, 6.07) is 0. The zero-order chi connectivity index (χ0) is 45.8. The standard InChI is InChI=1S/C57H88O6/c1-4-7-10-13-16-19-22-25-27-28-30-32-35-38-41-44-47-50-56(59)62-53-54(52-61-55(58)49-46-43-40-37-34-31-24-21-18-15-12-9-6-3)63-57(60)51-48-45-42-39-36-33-29-26-23-20-17-14-11-8-5-2/h8-9,11-12,14-15,17-18,20-21,23-25,27,30-32,34,37-38,40-41,54H,4-7,10,13,16,19,22,26,28-29,33,35-36,39,42-53H2,1-3H3/b11-8+,12-9+,17-14+,18-15+,23-20+,24-21+,27-25+,32-30+,34-31+,40-37+,41-38+. The molecule has 0 rings (SSSR count). The minimum atomic E-state index is -0.838. The molecule has 0 fully saturated rings. The van der Waals surface area contributed by atoms with E-state index in [1.807, 2.05) is 54.7 Å². The van der Waals surface area contributed by atoms with E-state index < -0.39 is 6.10 Å². The van der Waals surface area contributed by atoms with Gasteiger partial charge in [0.2, 0.25) is 0 Å². The molecule has 1 unspecified atom stereocenters. The Morgan fingerprint density at radius 3 is 1.17 bits per heavy atom. The highest BCUT2D eigenvalue weighted by Gasteiger charge is 2.19. The van der Waals surface area contributed by atoms with Gasteiger partial charge in [0.1, 0.15) is 13.2 Å². The van der Waals surface area contributed by atoms with Crippen LogP contribution in [0.15, 0.2) is 134 Å². The SMILES string of the molecule is CC/C=C/C=C/C=C/C=C/C=C/CCCC(=O)OCC(COC(=O)CCC/C=C/C/C=C/C/C=C/CCCCCCCC)OC(=O)CCCCCCCCC/C=C/C=C/C=C/CC. The van der Waals surface area contributed by atoms with E-state index in [0.717, 1.165) is 70.6 Å². The molecule has 63 heavy (non-hydrogen) atoms. The summed E-state index contributed by atoms with van der Waals surface area (Å²) in [7, 11) is 0. The van der Waals surface area contributed by atoms with E-state index in [0.29, 0.717) is 12.8 Å². The number of hydrogen-bond donors (Lipinski definition) is 0. The summed E-state index contributed by atoms with van der Waals surface area (Å²) >= 11 is 0. The molecule has 0 saturated carbocycles. The average molecular weight is 869 g/mol. The molecule has 0 bridgehead atoms. The van der Waals surface area contributed by atoms with E-state index >= 15 is 0 Å². The average Bonchev–Trinajstić information content (AvgIpc) is 3.28. The predicted octanol–water partition coefficient (Wildman–Crippen LogP) is 16.3. The summed E-state index contributed by atoms with van der Waals surface area (Å²) in [6.45, 7) is 6.21. The predicted molar refractivity (Wildman–Crippen MR) is 269 cm³/mol. The van der Waals surface area contributed by atoms with Crippen molar-refractivity contribution in [2.24, 2.45) is 0 Å². The van der Waals surface area contributed by atoms with Gasteiger partial charge < -0.3 is 14.2 Å². The van der Waals surface area contributed by atoms with Gasteiger partial charge in [0.05, 0.1) is 0 Å². The normalized spacial score (nSPS) is 13.3. The van der Waals surface area contributed by atoms with Gasteiger partial charge in [-0.1, -0.05) is 219 Å². The maximum atomic E-state index is 12.8. The van der Waals surface area contributed by atoms with Crippen LogP contribution in [-0.4, -0.2) is 37.2 Å². The highest BCUT2D eigenvalue weighted by atomic mass is 16.6. The first-order chi connectivity index (χ1) is 31.0. The van der Waals surface area contributed by atoms with Gasteiger partial charge in [-0.05, 0) is 83.5 Å². The van der Waals surface area contributed by atoms with Crippen molar-refractivity contribution in [3.8, 4) is 0 Å². The molecule has 0 saturated heterocycles.